The Morgan fingerprint density at radius 1 is 1.19 bits per heavy atom. The van der Waals surface area contributed by atoms with Crippen LogP contribution in [-0.4, -0.2) is 33.1 Å². The van der Waals surface area contributed by atoms with E-state index in [-0.39, 0.29) is 17.0 Å². The monoisotopic (exact) mass is 591 g/mol. The molecule has 0 spiro atoms. The van der Waals surface area contributed by atoms with E-state index in [0.29, 0.717) is 46.5 Å². The van der Waals surface area contributed by atoms with Crippen LogP contribution in [0.3, 0.4) is 0 Å². The molecule has 10 heteroatoms. The topological polar surface area (TPSA) is 127 Å². The molecule has 5 rings (SSSR count). The fraction of sp³-hybridized carbons (Fsp3) is 0.406. The van der Waals surface area contributed by atoms with Gasteiger partial charge in [-0.15, -0.1) is 0 Å². The number of nitrogens with one attached hydrogen (secondary N) is 2. The molecule has 0 radical (unpaired) electrons. The van der Waals surface area contributed by atoms with E-state index in [1.165, 1.54) is 4.57 Å². The molecule has 1 saturated heterocycles. The summed E-state index contributed by atoms with van der Waals surface area (Å²) in [6.07, 6.45) is 8.78. The lowest BCUT2D eigenvalue weighted by atomic mass is 9.92. The van der Waals surface area contributed by atoms with Crippen LogP contribution in [0.1, 0.15) is 69.5 Å². The lowest BCUT2D eigenvalue weighted by molar-refractivity contribution is 0.315. The molecule has 222 valence electrons. The first-order valence-electron chi connectivity index (χ1n) is 14.7. The molecule has 0 saturated carbocycles. The van der Waals surface area contributed by atoms with Crippen LogP contribution in [0.5, 0.6) is 0 Å². The summed E-state index contributed by atoms with van der Waals surface area (Å²) in [7, 11) is 0. The molecular weight excluding hydrogens is 553 g/mol. The molecule has 3 heterocycles. The van der Waals surface area contributed by atoms with Crippen LogP contribution in [0, 0.1) is 11.7 Å². The highest BCUT2D eigenvalue weighted by Crippen LogP contribution is 2.32. The van der Waals surface area contributed by atoms with Crippen molar-refractivity contribution in [1.29, 1.82) is 0 Å². The summed E-state index contributed by atoms with van der Waals surface area (Å²) in [4.78, 5) is 24.5. The quantitative estimate of drug-likeness (QED) is 0.133. The molecule has 2 aromatic heterocycles. The molecule has 42 heavy (non-hydrogen) atoms. The van der Waals surface area contributed by atoms with Crippen molar-refractivity contribution in [2.45, 2.75) is 70.9 Å². The normalized spacial score (nSPS) is 17.2. The van der Waals surface area contributed by atoms with E-state index in [2.05, 4.69) is 34.1 Å². The van der Waals surface area contributed by atoms with Crippen LogP contribution in [0.4, 0.5) is 4.39 Å². The number of fused-ring (bicyclic) bond motifs is 1. The van der Waals surface area contributed by atoms with Crippen molar-refractivity contribution < 1.29 is 4.39 Å². The zero-order chi connectivity index (χ0) is 29.8. The zero-order valence-electron chi connectivity index (χ0n) is 24.2. The Bertz CT molecular complexity index is 1620. The number of guanidine groups is 1. The van der Waals surface area contributed by atoms with E-state index >= 15 is 4.39 Å². The van der Waals surface area contributed by atoms with Gasteiger partial charge in [-0.25, -0.2) is 9.18 Å². The van der Waals surface area contributed by atoms with Gasteiger partial charge in [-0.1, -0.05) is 50.4 Å². The van der Waals surface area contributed by atoms with Gasteiger partial charge in [0.25, 0.3) is 0 Å². The first-order valence-corrected chi connectivity index (χ1v) is 15.1. The number of aliphatic imine (C=N–C) groups is 1. The summed E-state index contributed by atoms with van der Waals surface area (Å²) in [5.74, 6) is 0.236. The van der Waals surface area contributed by atoms with Gasteiger partial charge in [0.05, 0.1) is 16.4 Å². The summed E-state index contributed by atoms with van der Waals surface area (Å²) in [6, 6.07) is 13.9. The number of halogens is 2. The number of aromatic amines is 1. The number of nitrogens with zero attached hydrogens (tertiary/aromatic N) is 3. The Labute approximate surface area is 250 Å². The van der Waals surface area contributed by atoms with E-state index in [1.54, 1.807) is 12.3 Å². The fourth-order valence-corrected chi connectivity index (χ4v) is 5.99. The van der Waals surface area contributed by atoms with Crippen molar-refractivity contribution in [2.75, 3.05) is 6.54 Å². The number of H-pyrrole nitrogens is 1. The first kappa shape index (κ1) is 29.8. The SMILES string of the molecule is CC(C)CCCc1cc(Cl)c(F)c(-c2cc3cn(-c4ccc([C@@H]5CCC[C@H](CCN=C(N)N)N5)cc4)c(=O)nc3[nH]2)c1. The number of hydrogen-bond acceptors (Lipinski definition) is 4. The maximum absolute atomic E-state index is 15.1. The molecule has 0 unspecified atom stereocenters. The van der Waals surface area contributed by atoms with Crippen molar-refractivity contribution in [1.82, 2.24) is 19.9 Å². The van der Waals surface area contributed by atoms with Crippen LogP contribution in [0.15, 0.2) is 58.4 Å². The molecule has 1 aliphatic heterocycles. The second kappa shape index (κ2) is 13.1. The summed E-state index contributed by atoms with van der Waals surface area (Å²) < 4.78 is 16.6. The highest BCUT2D eigenvalue weighted by Gasteiger charge is 2.22. The van der Waals surface area contributed by atoms with Gasteiger partial charge in [0, 0.05) is 35.8 Å². The third-order valence-electron chi connectivity index (χ3n) is 7.96. The maximum Gasteiger partial charge on any atom is 0.354 e. The van der Waals surface area contributed by atoms with Gasteiger partial charge in [0.1, 0.15) is 5.65 Å². The van der Waals surface area contributed by atoms with Gasteiger partial charge in [0.2, 0.25) is 0 Å². The predicted molar refractivity (Wildman–Crippen MR) is 169 cm³/mol. The van der Waals surface area contributed by atoms with E-state index in [4.69, 9.17) is 23.1 Å². The summed E-state index contributed by atoms with van der Waals surface area (Å²) in [6.45, 7) is 4.98. The van der Waals surface area contributed by atoms with Gasteiger partial charge in [-0.05, 0) is 79.5 Å². The third kappa shape index (κ3) is 7.02. The number of aryl methyl sites for hydroxylation is 1. The van der Waals surface area contributed by atoms with Crippen molar-refractivity contribution in [3.63, 3.8) is 0 Å². The van der Waals surface area contributed by atoms with Crippen molar-refractivity contribution in [2.24, 2.45) is 22.4 Å². The molecule has 0 amide bonds. The summed E-state index contributed by atoms with van der Waals surface area (Å²) in [5.41, 5.74) is 14.7. The van der Waals surface area contributed by atoms with Gasteiger partial charge < -0.3 is 21.8 Å². The minimum absolute atomic E-state index is 0.0888. The Morgan fingerprint density at radius 2 is 1.98 bits per heavy atom. The second-order valence-electron chi connectivity index (χ2n) is 11.6. The smallest absolute Gasteiger partial charge is 0.354 e. The van der Waals surface area contributed by atoms with Crippen LogP contribution >= 0.6 is 11.6 Å². The standard InChI is InChI=1S/C32H39ClFN7O/c1-19(2)5-3-6-20-15-25(29(34)26(33)16-20)28-17-22-18-41(32(42)40-30(22)39-28)24-11-9-21(10-12-24)27-8-4-7-23(38-27)13-14-37-31(35)36/h9-12,15-19,23,27,38H,3-8,13-14H2,1-2H3,(H4,35,36,37)(H,39,40,42)/t23-,27+/m1/s1. The number of aromatic nitrogens is 3. The zero-order valence-corrected chi connectivity index (χ0v) is 24.9. The number of nitrogens with two attached hydrogens (primary N) is 2. The van der Waals surface area contributed by atoms with Crippen molar-refractivity contribution in [3.8, 4) is 16.9 Å². The minimum Gasteiger partial charge on any atom is -0.370 e. The van der Waals surface area contributed by atoms with E-state index in [0.717, 1.165) is 56.1 Å². The molecule has 0 bridgehead atoms. The molecule has 4 aromatic rings. The fourth-order valence-electron chi connectivity index (χ4n) is 5.75. The summed E-state index contributed by atoms with van der Waals surface area (Å²) >= 11 is 6.27. The number of benzene rings is 2. The van der Waals surface area contributed by atoms with Crippen LogP contribution in [-0.2, 0) is 6.42 Å². The highest BCUT2D eigenvalue weighted by atomic mass is 35.5. The Hall–Kier alpha value is -3.69. The molecule has 2 aromatic carbocycles. The molecule has 1 fully saturated rings. The Kier molecular flexibility index (Phi) is 9.28. The molecular formula is C32H39ClFN7O. The van der Waals surface area contributed by atoms with E-state index in [1.807, 2.05) is 36.4 Å². The van der Waals surface area contributed by atoms with Crippen LogP contribution < -0.4 is 22.5 Å². The van der Waals surface area contributed by atoms with Crippen LogP contribution in [0.25, 0.3) is 28.0 Å². The highest BCUT2D eigenvalue weighted by molar-refractivity contribution is 6.31. The molecule has 8 nitrogen and oxygen atoms in total. The molecule has 0 aliphatic carbocycles. The van der Waals surface area contributed by atoms with Gasteiger partial charge in [-0.3, -0.25) is 9.56 Å². The average Bonchev–Trinajstić information content (AvgIpc) is 3.37. The van der Waals surface area contributed by atoms with E-state index < -0.39 is 11.5 Å². The number of piperidine rings is 1. The average molecular weight is 592 g/mol. The Morgan fingerprint density at radius 3 is 2.71 bits per heavy atom. The van der Waals surface area contributed by atoms with Crippen molar-refractivity contribution in [3.05, 3.63) is 81.1 Å². The number of hydrogen-bond donors (Lipinski definition) is 4. The summed E-state index contributed by atoms with van der Waals surface area (Å²) in [5, 5.41) is 4.50. The molecule has 6 N–H and O–H groups in total. The lowest BCUT2D eigenvalue weighted by Crippen LogP contribution is -2.37. The van der Waals surface area contributed by atoms with Gasteiger partial charge >= 0.3 is 5.69 Å². The first-order chi connectivity index (χ1) is 20.2. The molecule has 2 atom stereocenters. The lowest BCUT2D eigenvalue weighted by Gasteiger charge is -2.31. The largest absolute Gasteiger partial charge is 0.370 e. The van der Waals surface area contributed by atoms with Crippen LogP contribution in [0.2, 0.25) is 5.02 Å². The molecule has 1 aliphatic rings. The maximum atomic E-state index is 15.1. The second-order valence-corrected chi connectivity index (χ2v) is 12.0. The van der Waals surface area contributed by atoms with E-state index in [9.17, 15) is 4.79 Å². The van der Waals surface area contributed by atoms with Crippen molar-refractivity contribution >= 4 is 28.6 Å². The van der Waals surface area contributed by atoms with Gasteiger partial charge in [0.15, 0.2) is 11.8 Å². The number of rotatable bonds is 10. The van der Waals surface area contributed by atoms with Gasteiger partial charge in [-0.2, -0.15) is 4.98 Å². The predicted octanol–water partition coefficient (Wildman–Crippen LogP) is 6.00. The Balaban J connectivity index is 1.35. The minimum atomic E-state index is -0.489. The third-order valence-corrected chi connectivity index (χ3v) is 8.24.